The van der Waals surface area contributed by atoms with Crippen LogP contribution < -0.4 is 10.1 Å². The summed E-state index contributed by atoms with van der Waals surface area (Å²) in [5.41, 5.74) is 4.64. The maximum atomic E-state index is 5.80. The molecule has 0 saturated heterocycles. The molecule has 0 aliphatic heterocycles. The van der Waals surface area contributed by atoms with Gasteiger partial charge in [-0.2, -0.15) is 9.97 Å². The highest BCUT2D eigenvalue weighted by molar-refractivity contribution is 7.15. The molecule has 0 amide bonds. The Labute approximate surface area is 171 Å². The van der Waals surface area contributed by atoms with Crippen molar-refractivity contribution in [2.24, 2.45) is 0 Å². The number of anilines is 2. The van der Waals surface area contributed by atoms with Crippen LogP contribution in [0.25, 0.3) is 27.3 Å². The van der Waals surface area contributed by atoms with Crippen molar-refractivity contribution >= 4 is 39.4 Å². The van der Waals surface area contributed by atoms with Crippen molar-refractivity contribution < 1.29 is 9.15 Å². The number of rotatable bonds is 5. The quantitative estimate of drug-likeness (QED) is 0.417. The van der Waals surface area contributed by atoms with E-state index in [1.807, 2.05) is 41.8 Å². The van der Waals surface area contributed by atoms with Crippen LogP contribution in [0.2, 0.25) is 0 Å². The molecule has 29 heavy (non-hydrogen) atoms. The van der Waals surface area contributed by atoms with Crippen molar-refractivity contribution in [3.8, 4) is 17.0 Å². The highest BCUT2D eigenvalue weighted by Crippen LogP contribution is 2.33. The molecule has 146 valence electrons. The standard InChI is InChI=1S/C21H19N5O2S/c1-12(2)13-8-9-18-15(10-13)22-20(28-18)23-19-24-21-26(25-19)16(11-29-21)14-6-4-5-7-17(14)27-3/h4-12H,1-3H3,(H,22,23,25). The molecule has 0 atom stereocenters. The third kappa shape index (κ3) is 3.11. The zero-order chi connectivity index (χ0) is 20.0. The number of para-hydroxylation sites is 1. The van der Waals surface area contributed by atoms with Crippen molar-refractivity contribution in [2.75, 3.05) is 12.4 Å². The first-order valence-corrected chi connectivity index (χ1v) is 10.2. The van der Waals surface area contributed by atoms with Crippen molar-refractivity contribution in [1.82, 2.24) is 19.6 Å². The normalized spacial score (nSPS) is 11.6. The third-order valence-corrected chi connectivity index (χ3v) is 5.58. The number of aromatic nitrogens is 4. The maximum Gasteiger partial charge on any atom is 0.302 e. The van der Waals surface area contributed by atoms with Crippen molar-refractivity contribution in [1.29, 1.82) is 0 Å². The SMILES string of the molecule is COc1ccccc1-c1csc2nc(Nc3nc4cc(C(C)C)ccc4o3)nn12. The first kappa shape index (κ1) is 17.7. The second-order valence-corrected chi connectivity index (χ2v) is 7.81. The van der Waals surface area contributed by atoms with Gasteiger partial charge in [-0.05, 0) is 35.7 Å². The average molecular weight is 405 g/mol. The molecule has 8 heteroatoms. The van der Waals surface area contributed by atoms with Crippen molar-refractivity contribution in [3.05, 3.63) is 53.4 Å². The molecule has 0 radical (unpaired) electrons. The number of nitrogens with one attached hydrogen (secondary N) is 1. The van der Waals surface area contributed by atoms with Gasteiger partial charge in [0.2, 0.25) is 4.96 Å². The van der Waals surface area contributed by atoms with E-state index in [1.54, 1.807) is 11.6 Å². The Balaban J connectivity index is 1.49. The zero-order valence-electron chi connectivity index (χ0n) is 16.2. The van der Waals surface area contributed by atoms with Crippen LogP contribution in [0.5, 0.6) is 5.75 Å². The lowest BCUT2D eigenvalue weighted by atomic mass is 10.0. The molecule has 1 N–H and O–H groups in total. The summed E-state index contributed by atoms with van der Waals surface area (Å²) < 4.78 is 13.1. The number of thiazole rings is 1. The molecule has 7 nitrogen and oxygen atoms in total. The minimum absolute atomic E-state index is 0.373. The highest BCUT2D eigenvalue weighted by Gasteiger charge is 2.16. The molecule has 0 fully saturated rings. The summed E-state index contributed by atoms with van der Waals surface area (Å²) in [7, 11) is 1.66. The summed E-state index contributed by atoms with van der Waals surface area (Å²) in [6, 6.07) is 14.3. The zero-order valence-corrected chi connectivity index (χ0v) is 17.0. The third-order valence-electron chi connectivity index (χ3n) is 4.76. The van der Waals surface area contributed by atoms with E-state index >= 15 is 0 Å². The summed E-state index contributed by atoms with van der Waals surface area (Å²) in [4.78, 5) is 9.84. The fraction of sp³-hybridized carbons (Fsp3) is 0.190. The fourth-order valence-electron chi connectivity index (χ4n) is 3.23. The van der Waals surface area contributed by atoms with Gasteiger partial charge in [0.25, 0.3) is 5.95 Å². The lowest BCUT2D eigenvalue weighted by molar-refractivity contribution is 0.416. The van der Waals surface area contributed by atoms with Crippen LogP contribution in [0.4, 0.5) is 12.0 Å². The van der Waals surface area contributed by atoms with E-state index in [1.165, 1.54) is 16.9 Å². The van der Waals surface area contributed by atoms with Gasteiger partial charge in [0.15, 0.2) is 5.58 Å². The summed E-state index contributed by atoms with van der Waals surface area (Å²) in [5.74, 6) is 1.66. The molecule has 2 aromatic carbocycles. The lowest BCUT2D eigenvalue weighted by Gasteiger charge is -2.06. The highest BCUT2D eigenvalue weighted by atomic mass is 32.1. The smallest absolute Gasteiger partial charge is 0.302 e. The average Bonchev–Trinajstić information content (AvgIpc) is 3.40. The van der Waals surface area contributed by atoms with Crippen LogP contribution in [0.15, 0.2) is 52.3 Å². The monoisotopic (exact) mass is 405 g/mol. The molecule has 5 rings (SSSR count). The molecule has 5 aromatic rings. The van der Waals surface area contributed by atoms with Gasteiger partial charge >= 0.3 is 6.01 Å². The van der Waals surface area contributed by atoms with Crippen LogP contribution in [0.3, 0.4) is 0 Å². The number of benzene rings is 2. The summed E-state index contributed by atoms with van der Waals surface area (Å²) in [5, 5.41) is 9.68. The number of methoxy groups -OCH3 is 1. The molecule has 0 aliphatic carbocycles. The number of hydrogen-bond acceptors (Lipinski definition) is 7. The Bertz CT molecular complexity index is 1320. The van der Waals surface area contributed by atoms with E-state index < -0.39 is 0 Å². The number of oxazole rings is 1. The maximum absolute atomic E-state index is 5.80. The minimum atomic E-state index is 0.373. The predicted octanol–water partition coefficient (Wildman–Crippen LogP) is 5.47. The van der Waals surface area contributed by atoms with Gasteiger partial charge in [0.1, 0.15) is 11.3 Å². The second-order valence-electron chi connectivity index (χ2n) is 6.98. The summed E-state index contributed by atoms with van der Waals surface area (Å²) in [6.07, 6.45) is 0. The predicted molar refractivity (Wildman–Crippen MR) is 114 cm³/mol. The van der Waals surface area contributed by atoms with Gasteiger partial charge in [-0.1, -0.05) is 32.0 Å². The van der Waals surface area contributed by atoms with E-state index in [9.17, 15) is 0 Å². The van der Waals surface area contributed by atoms with Crippen LogP contribution in [0, 0.1) is 0 Å². The van der Waals surface area contributed by atoms with Crippen LogP contribution >= 0.6 is 11.3 Å². The van der Waals surface area contributed by atoms with Crippen LogP contribution in [0.1, 0.15) is 25.3 Å². The Morgan fingerprint density at radius 1 is 1.14 bits per heavy atom. The van der Waals surface area contributed by atoms with Gasteiger partial charge in [0.05, 0.1) is 12.8 Å². The number of hydrogen-bond donors (Lipinski definition) is 1. The van der Waals surface area contributed by atoms with Crippen LogP contribution in [-0.2, 0) is 0 Å². The Morgan fingerprint density at radius 2 is 2.00 bits per heavy atom. The number of fused-ring (bicyclic) bond motifs is 2. The summed E-state index contributed by atoms with van der Waals surface area (Å²) in [6.45, 7) is 4.31. The molecule has 0 aliphatic rings. The number of nitrogens with zero attached hydrogens (tertiary/aromatic N) is 4. The lowest BCUT2D eigenvalue weighted by Crippen LogP contribution is -1.95. The molecular formula is C21H19N5O2S. The largest absolute Gasteiger partial charge is 0.496 e. The van der Waals surface area contributed by atoms with Crippen molar-refractivity contribution in [3.63, 3.8) is 0 Å². The second kappa shape index (κ2) is 6.89. The first-order valence-electron chi connectivity index (χ1n) is 9.27. The molecule has 0 spiro atoms. The van der Waals surface area contributed by atoms with Gasteiger partial charge in [-0.25, -0.2) is 4.52 Å². The molecule has 0 bridgehead atoms. The first-order chi connectivity index (χ1) is 14.1. The topological polar surface area (TPSA) is 77.5 Å². The summed E-state index contributed by atoms with van der Waals surface area (Å²) >= 11 is 1.51. The number of ether oxygens (including phenoxy) is 1. The van der Waals surface area contributed by atoms with E-state index in [2.05, 4.69) is 40.3 Å². The Hall–Kier alpha value is -3.39. The van der Waals surface area contributed by atoms with E-state index in [4.69, 9.17) is 9.15 Å². The molecule has 3 aromatic heterocycles. The Kier molecular flexibility index (Phi) is 4.21. The molecule has 0 unspecified atom stereocenters. The minimum Gasteiger partial charge on any atom is -0.496 e. The fourth-order valence-corrected chi connectivity index (χ4v) is 4.05. The van der Waals surface area contributed by atoms with E-state index in [0.717, 1.165) is 33.1 Å². The van der Waals surface area contributed by atoms with Gasteiger partial charge in [-0.15, -0.1) is 16.4 Å². The van der Waals surface area contributed by atoms with Crippen LogP contribution in [-0.4, -0.2) is 26.7 Å². The Morgan fingerprint density at radius 3 is 2.83 bits per heavy atom. The van der Waals surface area contributed by atoms with Crippen molar-refractivity contribution in [2.45, 2.75) is 19.8 Å². The van der Waals surface area contributed by atoms with Gasteiger partial charge in [0, 0.05) is 10.9 Å². The van der Waals surface area contributed by atoms with Gasteiger partial charge < -0.3 is 9.15 Å². The molecular weight excluding hydrogens is 386 g/mol. The van der Waals surface area contributed by atoms with Gasteiger partial charge in [-0.3, -0.25) is 5.32 Å². The molecule has 0 saturated carbocycles. The van der Waals surface area contributed by atoms with E-state index in [0.29, 0.717) is 17.9 Å². The molecule has 3 heterocycles. The van der Waals surface area contributed by atoms with E-state index in [-0.39, 0.29) is 0 Å².